The van der Waals surface area contributed by atoms with Crippen molar-refractivity contribution in [2.45, 2.75) is 44.9 Å². The van der Waals surface area contributed by atoms with Crippen LogP contribution in [0.5, 0.6) is 0 Å². The lowest BCUT2D eigenvalue weighted by Gasteiger charge is -2.55. The van der Waals surface area contributed by atoms with Crippen LogP contribution < -0.4 is 5.73 Å². The van der Waals surface area contributed by atoms with Crippen LogP contribution >= 0.6 is 0 Å². The van der Waals surface area contributed by atoms with E-state index in [1.807, 2.05) is 12.3 Å². The zero-order chi connectivity index (χ0) is 11.6. The molecule has 1 aliphatic rings. The van der Waals surface area contributed by atoms with Crippen LogP contribution in [0.4, 0.5) is 0 Å². The van der Waals surface area contributed by atoms with E-state index in [9.17, 15) is 0 Å². The Morgan fingerprint density at radius 3 is 2.38 bits per heavy atom. The van der Waals surface area contributed by atoms with E-state index in [1.165, 1.54) is 31.4 Å². The van der Waals surface area contributed by atoms with Crippen molar-refractivity contribution in [3.63, 3.8) is 0 Å². The van der Waals surface area contributed by atoms with Gasteiger partial charge in [0.1, 0.15) is 0 Å². The fourth-order valence-electron chi connectivity index (χ4n) is 3.24. The lowest BCUT2D eigenvalue weighted by atomic mass is 9.49. The van der Waals surface area contributed by atoms with Crippen LogP contribution in [-0.4, -0.2) is 11.5 Å². The summed E-state index contributed by atoms with van der Waals surface area (Å²) in [5, 5.41) is 0. The molecule has 0 aromatic carbocycles. The minimum absolute atomic E-state index is 0.160. The Hall–Kier alpha value is -0.890. The van der Waals surface area contributed by atoms with E-state index < -0.39 is 0 Å². The predicted molar refractivity (Wildman–Crippen MR) is 67.2 cm³/mol. The van der Waals surface area contributed by atoms with E-state index in [1.54, 1.807) is 0 Å². The van der Waals surface area contributed by atoms with E-state index >= 15 is 0 Å². The number of hydrogen-bond acceptors (Lipinski definition) is 2. The molecule has 1 aliphatic carbocycles. The molecular weight excluding hydrogens is 196 g/mol. The van der Waals surface area contributed by atoms with Crippen molar-refractivity contribution in [1.29, 1.82) is 0 Å². The van der Waals surface area contributed by atoms with Gasteiger partial charge in [-0.05, 0) is 30.4 Å². The minimum Gasteiger partial charge on any atom is -0.330 e. The van der Waals surface area contributed by atoms with Gasteiger partial charge in [0.2, 0.25) is 0 Å². The number of aromatic nitrogens is 1. The summed E-state index contributed by atoms with van der Waals surface area (Å²) in [4.78, 5) is 4.50. The normalized spacial score (nSPS) is 21.4. The fraction of sp³-hybridized carbons (Fsp3) is 0.643. The first-order chi connectivity index (χ1) is 7.70. The van der Waals surface area contributed by atoms with Gasteiger partial charge in [0.15, 0.2) is 0 Å². The van der Waals surface area contributed by atoms with Gasteiger partial charge in [-0.15, -0.1) is 0 Å². The predicted octanol–water partition coefficient (Wildman–Crippen LogP) is 2.88. The fourth-order valence-corrected chi connectivity index (χ4v) is 3.24. The molecule has 0 bridgehead atoms. The molecule has 0 aliphatic heterocycles. The molecule has 0 unspecified atom stereocenters. The average Bonchev–Trinajstić information content (AvgIpc) is 2.31. The molecule has 2 N–H and O–H groups in total. The van der Waals surface area contributed by atoms with Crippen molar-refractivity contribution < 1.29 is 0 Å². The van der Waals surface area contributed by atoms with Crippen molar-refractivity contribution in [1.82, 2.24) is 4.98 Å². The zero-order valence-corrected chi connectivity index (χ0v) is 10.4. The zero-order valence-electron chi connectivity index (χ0n) is 10.4. The van der Waals surface area contributed by atoms with Crippen molar-refractivity contribution in [3.05, 3.63) is 30.1 Å². The van der Waals surface area contributed by atoms with Gasteiger partial charge in [-0.1, -0.05) is 32.8 Å². The molecular formula is C14H22N2. The van der Waals surface area contributed by atoms with Crippen molar-refractivity contribution in [2.24, 2.45) is 11.1 Å². The summed E-state index contributed by atoms with van der Waals surface area (Å²) >= 11 is 0. The summed E-state index contributed by atoms with van der Waals surface area (Å²) in [5.74, 6) is 0. The van der Waals surface area contributed by atoms with Gasteiger partial charge in [-0.2, -0.15) is 0 Å². The third-order valence-electron chi connectivity index (χ3n) is 4.53. The molecule has 2 nitrogen and oxygen atoms in total. The lowest BCUT2D eigenvalue weighted by Crippen LogP contribution is -2.53. The summed E-state index contributed by atoms with van der Waals surface area (Å²) in [6.45, 7) is 5.32. The van der Waals surface area contributed by atoms with E-state index in [0.717, 1.165) is 6.54 Å². The number of nitrogens with zero attached hydrogens (tertiary/aromatic N) is 1. The number of pyridine rings is 1. The van der Waals surface area contributed by atoms with E-state index in [4.69, 9.17) is 5.73 Å². The quantitative estimate of drug-likeness (QED) is 0.844. The summed E-state index contributed by atoms with van der Waals surface area (Å²) in [7, 11) is 0. The Bertz CT molecular complexity index is 333. The molecule has 16 heavy (non-hydrogen) atoms. The van der Waals surface area contributed by atoms with Gasteiger partial charge >= 0.3 is 0 Å². The Morgan fingerprint density at radius 1 is 1.25 bits per heavy atom. The topological polar surface area (TPSA) is 38.9 Å². The largest absolute Gasteiger partial charge is 0.330 e. The maximum atomic E-state index is 5.99. The van der Waals surface area contributed by atoms with Gasteiger partial charge in [-0.25, -0.2) is 0 Å². The minimum atomic E-state index is 0.160. The maximum absolute atomic E-state index is 5.99. The summed E-state index contributed by atoms with van der Waals surface area (Å²) in [5.41, 5.74) is 7.87. The molecule has 1 heterocycles. The maximum Gasteiger partial charge on any atom is 0.0478 e. The van der Waals surface area contributed by atoms with Crippen LogP contribution in [0.15, 0.2) is 24.4 Å². The molecule has 1 saturated carbocycles. The highest BCUT2D eigenvalue weighted by Gasteiger charge is 2.53. The Kier molecular flexibility index (Phi) is 3.02. The van der Waals surface area contributed by atoms with Crippen molar-refractivity contribution in [3.8, 4) is 0 Å². The molecule has 0 spiro atoms. The number of nitrogens with two attached hydrogens (primary N) is 1. The summed E-state index contributed by atoms with van der Waals surface area (Å²) in [6.07, 6.45) is 6.82. The molecule has 0 amide bonds. The van der Waals surface area contributed by atoms with Crippen LogP contribution in [0.2, 0.25) is 0 Å². The second-order valence-electron chi connectivity index (χ2n) is 5.26. The van der Waals surface area contributed by atoms with Crippen LogP contribution in [-0.2, 0) is 5.41 Å². The van der Waals surface area contributed by atoms with Gasteiger partial charge in [0.05, 0.1) is 0 Å². The third kappa shape index (κ3) is 1.65. The molecule has 2 rings (SSSR count). The highest BCUT2D eigenvalue weighted by molar-refractivity contribution is 5.25. The monoisotopic (exact) mass is 218 g/mol. The van der Waals surface area contributed by atoms with Crippen LogP contribution in [0, 0.1) is 5.41 Å². The summed E-state index contributed by atoms with van der Waals surface area (Å²) < 4.78 is 0. The van der Waals surface area contributed by atoms with E-state index in [2.05, 4.69) is 31.0 Å². The lowest BCUT2D eigenvalue weighted by molar-refractivity contribution is 0.0156. The molecule has 1 aromatic heterocycles. The molecule has 0 radical (unpaired) electrons. The smallest absolute Gasteiger partial charge is 0.0478 e. The van der Waals surface area contributed by atoms with Crippen molar-refractivity contribution >= 4 is 0 Å². The molecule has 1 fully saturated rings. The van der Waals surface area contributed by atoms with Gasteiger partial charge < -0.3 is 5.73 Å². The Labute approximate surface area is 98.3 Å². The van der Waals surface area contributed by atoms with Crippen LogP contribution in [0.3, 0.4) is 0 Å². The second kappa shape index (κ2) is 4.17. The van der Waals surface area contributed by atoms with E-state index in [-0.39, 0.29) is 5.41 Å². The highest BCUT2D eigenvalue weighted by Crippen LogP contribution is 2.58. The van der Waals surface area contributed by atoms with Gasteiger partial charge in [0, 0.05) is 23.9 Å². The van der Waals surface area contributed by atoms with Crippen LogP contribution in [0.1, 0.15) is 45.2 Å². The van der Waals surface area contributed by atoms with Gasteiger partial charge in [0.25, 0.3) is 0 Å². The molecule has 2 heteroatoms. The highest BCUT2D eigenvalue weighted by atomic mass is 14.8. The Morgan fingerprint density at radius 2 is 1.94 bits per heavy atom. The molecule has 88 valence electrons. The SMILES string of the molecule is CCC1(CC)CC(CN)(c2ccccn2)C1. The molecule has 1 aromatic rings. The van der Waals surface area contributed by atoms with Crippen molar-refractivity contribution in [2.75, 3.05) is 6.54 Å². The standard InChI is InChI=1S/C14H22N2/c1-3-13(4-2)9-14(10-13,11-15)12-7-5-6-8-16-12/h5-8H,3-4,9-11,15H2,1-2H3. The van der Waals surface area contributed by atoms with Gasteiger partial charge in [-0.3, -0.25) is 4.98 Å². The average molecular weight is 218 g/mol. The van der Waals surface area contributed by atoms with E-state index in [0.29, 0.717) is 5.41 Å². The number of hydrogen-bond donors (Lipinski definition) is 1. The third-order valence-corrected chi connectivity index (χ3v) is 4.53. The Balaban J connectivity index is 2.20. The first kappa shape index (κ1) is 11.6. The first-order valence-electron chi connectivity index (χ1n) is 6.32. The first-order valence-corrected chi connectivity index (χ1v) is 6.32. The van der Waals surface area contributed by atoms with Crippen LogP contribution in [0.25, 0.3) is 0 Å². The molecule has 0 saturated heterocycles. The molecule has 0 atom stereocenters. The summed E-state index contributed by atoms with van der Waals surface area (Å²) in [6, 6.07) is 6.17. The second-order valence-corrected chi connectivity index (χ2v) is 5.26. The number of rotatable bonds is 4.